The zero-order valence-electron chi connectivity index (χ0n) is 8.71. The summed E-state index contributed by atoms with van der Waals surface area (Å²) in [5.74, 6) is -2.87. The van der Waals surface area contributed by atoms with Crippen LogP contribution < -0.4 is 0 Å². The molecule has 1 rings (SSSR count). The number of carbonyl (C=O) groups excluding carboxylic acids is 2. The largest absolute Gasteiger partial charge is 0.468 e. The molecule has 1 aliphatic rings. The fourth-order valence-electron chi connectivity index (χ4n) is 1.55. The first-order chi connectivity index (χ1) is 7.34. The summed E-state index contributed by atoms with van der Waals surface area (Å²) >= 11 is 0. The zero-order chi connectivity index (χ0) is 12.3. The van der Waals surface area contributed by atoms with E-state index >= 15 is 0 Å². The average Bonchev–Trinajstić information content (AvgIpc) is 2.19. The van der Waals surface area contributed by atoms with Crippen LogP contribution in [0.2, 0.25) is 0 Å². The summed E-state index contributed by atoms with van der Waals surface area (Å²) in [6.45, 7) is -0.335. The highest BCUT2D eigenvalue weighted by molar-refractivity contribution is 5.82. The third-order valence-corrected chi connectivity index (χ3v) is 2.53. The Kier molecular flexibility index (Phi) is 3.77. The van der Waals surface area contributed by atoms with Crippen LogP contribution >= 0.6 is 0 Å². The highest BCUT2D eigenvalue weighted by atomic mass is 19.4. The third kappa shape index (κ3) is 3.11. The van der Waals surface area contributed by atoms with Crippen LogP contribution in [0.15, 0.2) is 0 Å². The normalized spacial score (nSPS) is 22.1. The van der Waals surface area contributed by atoms with E-state index in [1.165, 1.54) is 0 Å². The van der Waals surface area contributed by atoms with Crippen molar-refractivity contribution in [2.45, 2.75) is 19.0 Å². The predicted octanol–water partition coefficient (Wildman–Crippen LogP) is 0.960. The van der Waals surface area contributed by atoms with Crippen molar-refractivity contribution in [2.24, 2.45) is 5.92 Å². The van der Waals surface area contributed by atoms with Crippen molar-refractivity contribution < 1.29 is 27.5 Å². The molecule has 92 valence electrons. The number of esters is 1. The van der Waals surface area contributed by atoms with E-state index in [4.69, 9.17) is 0 Å². The van der Waals surface area contributed by atoms with Crippen LogP contribution in [-0.4, -0.2) is 43.2 Å². The van der Waals surface area contributed by atoms with Gasteiger partial charge in [0.25, 0.3) is 0 Å². The van der Waals surface area contributed by atoms with Crippen molar-refractivity contribution in [3.63, 3.8) is 0 Å². The van der Waals surface area contributed by atoms with Crippen molar-refractivity contribution in [3.05, 3.63) is 0 Å². The van der Waals surface area contributed by atoms with Gasteiger partial charge in [-0.25, -0.2) is 0 Å². The first-order valence-corrected chi connectivity index (χ1v) is 4.76. The van der Waals surface area contributed by atoms with Crippen molar-refractivity contribution >= 4 is 11.9 Å². The van der Waals surface area contributed by atoms with E-state index in [0.717, 1.165) is 12.0 Å². The lowest BCUT2D eigenvalue weighted by molar-refractivity contribution is -0.190. The number of rotatable bonds is 2. The molecule has 0 N–H and O–H groups in total. The molecule has 0 saturated carbocycles. The molecule has 1 atom stereocenters. The van der Waals surface area contributed by atoms with Crippen molar-refractivity contribution in [3.8, 4) is 0 Å². The molecule has 1 heterocycles. The van der Waals surface area contributed by atoms with E-state index in [2.05, 4.69) is 4.74 Å². The van der Waals surface area contributed by atoms with E-state index in [0.29, 0.717) is 0 Å². The second kappa shape index (κ2) is 4.71. The summed E-state index contributed by atoms with van der Waals surface area (Å²) in [5, 5.41) is 0. The second-order valence-corrected chi connectivity index (χ2v) is 3.62. The average molecular weight is 239 g/mol. The molecule has 1 amide bonds. The molecule has 0 aromatic rings. The van der Waals surface area contributed by atoms with Crippen LogP contribution in [-0.2, 0) is 14.3 Å². The van der Waals surface area contributed by atoms with Gasteiger partial charge in [-0.15, -0.1) is 0 Å². The molecule has 1 saturated heterocycles. The number of alkyl halides is 3. The minimum Gasteiger partial charge on any atom is -0.468 e. The number of likely N-dealkylation sites (tertiary alicyclic amines) is 1. The number of halogens is 3. The van der Waals surface area contributed by atoms with Crippen LogP contribution in [0.4, 0.5) is 13.2 Å². The number of piperidine rings is 1. The summed E-state index contributed by atoms with van der Waals surface area (Å²) in [4.78, 5) is 23.3. The molecule has 0 radical (unpaired) electrons. The van der Waals surface area contributed by atoms with Crippen LogP contribution in [0, 0.1) is 5.92 Å². The van der Waals surface area contributed by atoms with E-state index in [1.807, 2.05) is 0 Å². The number of hydrogen-bond donors (Lipinski definition) is 0. The van der Waals surface area contributed by atoms with Crippen LogP contribution in [0.5, 0.6) is 0 Å². The van der Waals surface area contributed by atoms with Gasteiger partial charge in [-0.05, 0) is 6.42 Å². The highest BCUT2D eigenvalue weighted by Crippen LogP contribution is 2.34. The molecule has 0 aromatic carbocycles. The molecule has 0 spiro atoms. The fourth-order valence-corrected chi connectivity index (χ4v) is 1.55. The summed E-state index contributed by atoms with van der Waals surface area (Å²) in [7, 11) is 1.16. The Hall–Kier alpha value is -1.27. The van der Waals surface area contributed by atoms with E-state index in [1.54, 1.807) is 0 Å². The molecule has 0 aliphatic carbocycles. The second-order valence-electron chi connectivity index (χ2n) is 3.62. The number of nitrogens with zero attached hydrogens (tertiary/aromatic N) is 1. The molecular formula is C9H12F3NO3. The number of amides is 1. The maximum atomic E-state index is 12.3. The van der Waals surface area contributed by atoms with Gasteiger partial charge in [-0.1, -0.05) is 0 Å². The SMILES string of the molecule is COC(=O)CN1CCC(C(F)(F)F)CC1=O. The topological polar surface area (TPSA) is 46.6 Å². The molecule has 4 nitrogen and oxygen atoms in total. The maximum Gasteiger partial charge on any atom is 0.392 e. The molecule has 1 fully saturated rings. The summed E-state index contributed by atoms with van der Waals surface area (Å²) in [6, 6.07) is 0. The van der Waals surface area contributed by atoms with E-state index in [-0.39, 0.29) is 19.5 Å². The van der Waals surface area contributed by atoms with Crippen LogP contribution in [0.3, 0.4) is 0 Å². The van der Waals surface area contributed by atoms with Gasteiger partial charge in [-0.2, -0.15) is 13.2 Å². The molecule has 16 heavy (non-hydrogen) atoms. The molecular weight excluding hydrogens is 227 g/mol. The Morgan fingerprint density at radius 1 is 1.56 bits per heavy atom. The molecule has 1 aliphatic heterocycles. The van der Waals surface area contributed by atoms with Gasteiger partial charge in [0.15, 0.2) is 0 Å². The van der Waals surface area contributed by atoms with Gasteiger partial charge in [0, 0.05) is 13.0 Å². The van der Waals surface area contributed by atoms with Crippen molar-refractivity contribution in [1.82, 2.24) is 4.90 Å². The Labute approximate surface area is 90.3 Å². The number of methoxy groups -OCH3 is 1. The molecule has 1 unspecified atom stereocenters. The van der Waals surface area contributed by atoms with E-state index < -0.39 is 30.4 Å². The molecule has 7 heteroatoms. The quantitative estimate of drug-likeness (QED) is 0.674. The third-order valence-electron chi connectivity index (χ3n) is 2.53. The summed E-state index contributed by atoms with van der Waals surface area (Å²) in [5.41, 5.74) is 0. The van der Waals surface area contributed by atoms with E-state index in [9.17, 15) is 22.8 Å². The Morgan fingerprint density at radius 3 is 2.62 bits per heavy atom. The predicted molar refractivity (Wildman–Crippen MR) is 47.4 cm³/mol. The van der Waals surface area contributed by atoms with Crippen LogP contribution in [0.1, 0.15) is 12.8 Å². The van der Waals surface area contributed by atoms with Gasteiger partial charge in [0.05, 0.1) is 13.0 Å². The standard InChI is InChI=1S/C9H12F3NO3/c1-16-8(15)5-13-3-2-6(4-7(13)14)9(10,11)12/h6H,2-5H2,1H3. The van der Waals surface area contributed by atoms with Gasteiger partial charge < -0.3 is 9.64 Å². The Balaban J connectivity index is 2.53. The molecule has 0 aromatic heterocycles. The van der Waals surface area contributed by atoms with Gasteiger partial charge >= 0.3 is 12.1 Å². The van der Waals surface area contributed by atoms with Gasteiger partial charge in [0.2, 0.25) is 5.91 Å². The minimum absolute atomic E-state index is 0.0574. The first kappa shape index (κ1) is 12.8. The number of carbonyl (C=O) groups is 2. The Morgan fingerprint density at radius 2 is 2.19 bits per heavy atom. The maximum absolute atomic E-state index is 12.3. The first-order valence-electron chi connectivity index (χ1n) is 4.76. The number of hydrogen-bond acceptors (Lipinski definition) is 3. The zero-order valence-corrected chi connectivity index (χ0v) is 8.71. The van der Waals surface area contributed by atoms with Gasteiger partial charge in [0.1, 0.15) is 6.54 Å². The lowest BCUT2D eigenvalue weighted by atomic mass is 9.96. The Bertz CT molecular complexity index is 290. The monoisotopic (exact) mass is 239 g/mol. The van der Waals surface area contributed by atoms with Gasteiger partial charge in [-0.3, -0.25) is 9.59 Å². The lowest BCUT2D eigenvalue weighted by Gasteiger charge is -2.31. The highest BCUT2D eigenvalue weighted by Gasteiger charge is 2.44. The molecule has 0 bridgehead atoms. The van der Waals surface area contributed by atoms with Crippen molar-refractivity contribution in [1.29, 1.82) is 0 Å². The smallest absolute Gasteiger partial charge is 0.392 e. The fraction of sp³-hybridized carbons (Fsp3) is 0.778. The number of ether oxygens (including phenoxy) is 1. The minimum atomic E-state index is -4.34. The summed E-state index contributed by atoms with van der Waals surface area (Å²) < 4.78 is 41.3. The van der Waals surface area contributed by atoms with Crippen LogP contribution in [0.25, 0.3) is 0 Å². The van der Waals surface area contributed by atoms with Crippen molar-refractivity contribution in [2.75, 3.05) is 20.2 Å². The summed E-state index contributed by atoms with van der Waals surface area (Å²) in [6.07, 6.45) is -5.08. The lowest BCUT2D eigenvalue weighted by Crippen LogP contribution is -2.45.